The summed E-state index contributed by atoms with van der Waals surface area (Å²) in [6, 6.07) is 11.3. The van der Waals surface area contributed by atoms with Crippen LogP contribution in [0.2, 0.25) is 10.0 Å². The number of carbonyl (C=O) groups is 2. The maximum Gasteiger partial charge on any atom is 0.340 e. The van der Waals surface area contributed by atoms with Crippen LogP contribution >= 0.6 is 23.2 Å². The quantitative estimate of drug-likeness (QED) is 0.625. The molecular weight excluding hydrogens is 351 g/mol. The van der Waals surface area contributed by atoms with Gasteiger partial charge >= 0.3 is 5.97 Å². The van der Waals surface area contributed by atoms with Crippen molar-refractivity contribution in [1.82, 2.24) is 5.32 Å². The van der Waals surface area contributed by atoms with Crippen LogP contribution in [0.4, 0.5) is 5.69 Å². The van der Waals surface area contributed by atoms with Crippen molar-refractivity contribution in [3.8, 4) is 0 Å². The lowest BCUT2D eigenvalue weighted by molar-refractivity contribution is -0.124. The van der Waals surface area contributed by atoms with Gasteiger partial charge in [0.05, 0.1) is 11.6 Å². The van der Waals surface area contributed by atoms with E-state index in [9.17, 15) is 9.59 Å². The molecule has 24 heavy (non-hydrogen) atoms. The number of nitrogens with one attached hydrogen (secondary N) is 1. The molecular formula is C17H16Cl2N2O3. The van der Waals surface area contributed by atoms with Gasteiger partial charge in [-0.15, -0.1) is 0 Å². The number of nitrogen functional groups attached to an aromatic ring is 1. The second-order valence-electron chi connectivity index (χ2n) is 5.15. The minimum atomic E-state index is -0.704. The summed E-state index contributed by atoms with van der Waals surface area (Å²) in [5, 5.41) is 3.71. The van der Waals surface area contributed by atoms with Crippen LogP contribution in [-0.2, 0) is 9.53 Å². The molecule has 2 aromatic rings. The Morgan fingerprint density at radius 3 is 2.42 bits per heavy atom. The summed E-state index contributed by atoms with van der Waals surface area (Å²) in [5.41, 5.74) is 6.94. The van der Waals surface area contributed by atoms with Gasteiger partial charge < -0.3 is 15.8 Å². The third kappa shape index (κ3) is 4.88. The predicted molar refractivity (Wildman–Crippen MR) is 94.2 cm³/mol. The molecule has 0 aliphatic heterocycles. The molecule has 2 rings (SSSR count). The largest absolute Gasteiger partial charge is 0.452 e. The van der Waals surface area contributed by atoms with E-state index in [4.69, 9.17) is 33.7 Å². The van der Waals surface area contributed by atoms with E-state index in [1.54, 1.807) is 18.2 Å². The molecule has 3 N–H and O–H groups in total. The summed E-state index contributed by atoms with van der Waals surface area (Å²) in [5.74, 6) is -1.13. The van der Waals surface area contributed by atoms with E-state index in [2.05, 4.69) is 5.32 Å². The number of esters is 1. The van der Waals surface area contributed by atoms with E-state index in [0.29, 0.717) is 10.0 Å². The van der Waals surface area contributed by atoms with Crippen molar-refractivity contribution in [3.63, 3.8) is 0 Å². The zero-order valence-electron chi connectivity index (χ0n) is 12.9. The zero-order chi connectivity index (χ0) is 17.7. The highest BCUT2D eigenvalue weighted by molar-refractivity contribution is 6.31. The predicted octanol–water partition coefficient (Wildman–Crippen LogP) is 3.61. The first-order chi connectivity index (χ1) is 11.4. The van der Waals surface area contributed by atoms with Crippen LogP contribution in [0.5, 0.6) is 0 Å². The van der Waals surface area contributed by atoms with Crippen molar-refractivity contribution >= 4 is 40.8 Å². The average molecular weight is 367 g/mol. The number of hydrogen-bond acceptors (Lipinski definition) is 4. The van der Waals surface area contributed by atoms with E-state index in [1.165, 1.54) is 12.1 Å². The number of ether oxygens (including phenoxy) is 1. The Labute approximate surface area is 149 Å². The molecule has 1 atom stereocenters. The average Bonchev–Trinajstić information content (AvgIpc) is 2.55. The number of rotatable bonds is 5. The summed E-state index contributed by atoms with van der Waals surface area (Å²) < 4.78 is 4.97. The monoisotopic (exact) mass is 366 g/mol. The maximum absolute atomic E-state index is 12.0. The first-order valence-electron chi connectivity index (χ1n) is 7.14. The molecule has 1 amide bonds. The van der Waals surface area contributed by atoms with Crippen LogP contribution in [-0.4, -0.2) is 18.5 Å². The second kappa shape index (κ2) is 8.04. The lowest BCUT2D eigenvalue weighted by Crippen LogP contribution is -2.31. The second-order valence-corrected chi connectivity index (χ2v) is 6.02. The molecule has 0 bridgehead atoms. The Morgan fingerprint density at radius 2 is 1.75 bits per heavy atom. The van der Waals surface area contributed by atoms with E-state index >= 15 is 0 Å². The van der Waals surface area contributed by atoms with Crippen molar-refractivity contribution in [2.24, 2.45) is 0 Å². The van der Waals surface area contributed by atoms with E-state index < -0.39 is 18.5 Å². The molecule has 0 spiro atoms. The van der Waals surface area contributed by atoms with Crippen molar-refractivity contribution in [2.75, 3.05) is 12.3 Å². The highest BCUT2D eigenvalue weighted by atomic mass is 35.5. The van der Waals surface area contributed by atoms with Crippen LogP contribution in [0.3, 0.4) is 0 Å². The first kappa shape index (κ1) is 18.1. The molecule has 7 heteroatoms. The van der Waals surface area contributed by atoms with Gasteiger partial charge in [-0.05, 0) is 42.8 Å². The van der Waals surface area contributed by atoms with Gasteiger partial charge in [0.15, 0.2) is 6.61 Å². The number of halogens is 2. The lowest BCUT2D eigenvalue weighted by atomic mass is 10.1. The molecule has 0 radical (unpaired) electrons. The van der Waals surface area contributed by atoms with Crippen LogP contribution in [0.15, 0.2) is 42.5 Å². The molecule has 0 aromatic heterocycles. The number of benzene rings is 2. The molecule has 0 aliphatic carbocycles. The molecule has 0 aliphatic rings. The van der Waals surface area contributed by atoms with Gasteiger partial charge in [0.1, 0.15) is 0 Å². The number of anilines is 1. The molecule has 5 nitrogen and oxygen atoms in total. The first-order valence-corrected chi connectivity index (χ1v) is 7.89. The standard InChI is InChI=1S/C17H16Cl2N2O3/c1-10(11-2-4-12(18)5-3-11)21-16(22)9-24-17(23)14-8-13(19)6-7-15(14)20/h2-8,10H,9,20H2,1H3,(H,21,22)/t10-/m0/s1. The third-order valence-electron chi connectivity index (χ3n) is 3.32. The summed E-state index contributed by atoms with van der Waals surface area (Å²) in [4.78, 5) is 23.9. The van der Waals surface area contributed by atoms with Gasteiger partial charge in [0.25, 0.3) is 5.91 Å². The summed E-state index contributed by atoms with van der Waals surface area (Å²) in [6.07, 6.45) is 0. The van der Waals surface area contributed by atoms with Gasteiger partial charge in [-0.3, -0.25) is 4.79 Å². The zero-order valence-corrected chi connectivity index (χ0v) is 14.4. The Morgan fingerprint density at radius 1 is 1.12 bits per heavy atom. The highest BCUT2D eigenvalue weighted by Gasteiger charge is 2.15. The summed E-state index contributed by atoms with van der Waals surface area (Å²) >= 11 is 11.6. The fourth-order valence-corrected chi connectivity index (χ4v) is 2.33. The summed E-state index contributed by atoms with van der Waals surface area (Å²) in [7, 11) is 0. The van der Waals surface area contributed by atoms with Crippen LogP contribution in [0, 0.1) is 0 Å². The number of amides is 1. The van der Waals surface area contributed by atoms with E-state index in [1.807, 2.05) is 19.1 Å². The van der Waals surface area contributed by atoms with Crippen LogP contribution in [0.25, 0.3) is 0 Å². The van der Waals surface area contributed by atoms with Gasteiger partial charge in [0.2, 0.25) is 0 Å². The van der Waals surface area contributed by atoms with Gasteiger partial charge in [-0.25, -0.2) is 4.79 Å². The van der Waals surface area contributed by atoms with Gasteiger partial charge in [-0.2, -0.15) is 0 Å². The Kier molecular flexibility index (Phi) is 6.06. The van der Waals surface area contributed by atoms with Gasteiger partial charge in [-0.1, -0.05) is 35.3 Å². The molecule has 0 unspecified atom stereocenters. The molecule has 2 aromatic carbocycles. The van der Waals surface area contributed by atoms with E-state index in [-0.39, 0.29) is 17.3 Å². The Hall–Kier alpha value is -2.24. The maximum atomic E-state index is 12.0. The molecule has 0 saturated carbocycles. The summed E-state index contributed by atoms with van der Waals surface area (Å²) in [6.45, 7) is 1.40. The SMILES string of the molecule is C[C@H](NC(=O)COC(=O)c1cc(Cl)ccc1N)c1ccc(Cl)cc1. The topological polar surface area (TPSA) is 81.4 Å². The van der Waals surface area contributed by atoms with Crippen molar-refractivity contribution in [3.05, 3.63) is 63.6 Å². The van der Waals surface area contributed by atoms with Gasteiger partial charge in [0, 0.05) is 15.7 Å². The van der Waals surface area contributed by atoms with Crippen LogP contribution in [0.1, 0.15) is 28.9 Å². The minimum absolute atomic E-state index is 0.126. The van der Waals surface area contributed by atoms with Crippen molar-refractivity contribution in [1.29, 1.82) is 0 Å². The smallest absolute Gasteiger partial charge is 0.340 e. The molecule has 0 saturated heterocycles. The Balaban J connectivity index is 1.89. The molecule has 126 valence electrons. The molecule has 0 heterocycles. The Bertz CT molecular complexity index is 748. The van der Waals surface area contributed by atoms with Crippen molar-refractivity contribution < 1.29 is 14.3 Å². The molecule has 0 fully saturated rings. The van der Waals surface area contributed by atoms with E-state index in [0.717, 1.165) is 5.56 Å². The minimum Gasteiger partial charge on any atom is -0.452 e. The highest BCUT2D eigenvalue weighted by Crippen LogP contribution is 2.19. The van der Waals surface area contributed by atoms with Crippen molar-refractivity contribution in [2.45, 2.75) is 13.0 Å². The van der Waals surface area contributed by atoms with Crippen LogP contribution < -0.4 is 11.1 Å². The number of hydrogen-bond donors (Lipinski definition) is 2. The lowest BCUT2D eigenvalue weighted by Gasteiger charge is -2.14. The number of carbonyl (C=O) groups excluding carboxylic acids is 2. The third-order valence-corrected chi connectivity index (χ3v) is 3.80. The fraction of sp³-hybridized carbons (Fsp3) is 0.176. The number of nitrogens with two attached hydrogens (primary N) is 1. The fourth-order valence-electron chi connectivity index (χ4n) is 2.03. The normalized spacial score (nSPS) is 11.6.